The van der Waals surface area contributed by atoms with Gasteiger partial charge < -0.3 is 10.6 Å². The second-order valence-corrected chi connectivity index (χ2v) is 6.88. The highest BCUT2D eigenvalue weighted by molar-refractivity contribution is 5.87. The molecule has 1 aliphatic rings. The number of benzene rings is 2. The number of hydrogen-bond donors (Lipinski definition) is 4. The quantitative estimate of drug-likeness (QED) is 0.347. The molecule has 29 heavy (non-hydrogen) atoms. The lowest BCUT2D eigenvalue weighted by molar-refractivity contribution is -0.131. The van der Waals surface area contributed by atoms with Crippen molar-refractivity contribution in [2.45, 2.75) is 37.8 Å². The standard InChI is InChI=1S/C20H20F3N3O3/c21-15-9-13(10-16(22)17(15)23)11-5-7-12(8-6-11)18(19(27)26-29)25-20(28)24-14-3-1-2-4-14/h5-10,14,18,29H,1-4H2,(H,26,27)(H2,24,25,28). The second kappa shape index (κ2) is 8.95. The SMILES string of the molecule is O=C(NC1CCCC1)NC(C(=O)NO)c1ccc(-c2cc(F)c(F)c(F)c2)cc1. The Hall–Kier alpha value is -3.07. The van der Waals surface area contributed by atoms with Gasteiger partial charge in [0.05, 0.1) is 0 Å². The van der Waals surface area contributed by atoms with E-state index < -0.39 is 35.4 Å². The highest BCUT2D eigenvalue weighted by atomic mass is 19.2. The van der Waals surface area contributed by atoms with Gasteiger partial charge in [0, 0.05) is 6.04 Å². The first-order valence-electron chi connectivity index (χ1n) is 9.15. The van der Waals surface area contributed by atoms with Crippen LogP contribution in [0.2, 0.25) is 0 Å². The van der Waals surface area contributed by atoms with Crippen LogP contribution in [0.4, 0.5) is 18.0 Å². The maximum Gasteiger partial charge on any atom is 0.315 e. The Morgan fingerprint density at radius 1 is 0.966 bits per heavy atom. The lowest BCUT2D eigenvalue weighted by atomic mass is 10.00. The number of rotatable bonds is 5. The third kappa shape index (κ3) is 4.86. The molecule has 6 nitrogen and oxygen atoms in total. The van der Waals surface area contributed by atoms with E-state index in [0.29, 0.717) is 11.1 Å². The van der Waals surface area contributed by atoms with Gasteiger partial charge in [-0.05, 0) is 41.7 Å². The maximum atomic E-state index is 13.4. The molecule has 3 rings (SSSR count). The summed E-state index contributed by atoms with van der Waals surface area (Å²) in [6, 6.07) is 5.89. The Morgan fingerprint density at radius 2 is 1.55 bits per heavy atom. The van der Waals surface area contributed by atoms with Crippen molar-refractivity contribution in [1.82, 2.24) is 16.1 Å². The number of carbonyl (C=O) groups excluding carboxylic acids is 2. The molecule has 9 heteroatoms. The fourth-order valence-corrected chi connectivity index (χ4v) is 3.38. The van der Waals surface area contributed by atoms with Gasteiger partial charge in [0.25, 0.3) is 5.91 Å². The second-order valence-electron chi connectivity index (χ2n) is 6.88. The van der Waals surface area contributed by atoms with E-state index in [0.717, 1.165) is 37.8 Å². The van der Waals surface area contributed by atoms with Gasteiger partial charge in [0.1, 0.15) is 6.04 Å². The molecule has 0 spiro atoms. The highest BCUT2D eigenvalue weighted by Gasteiger charge is 2.25. The Morgan fingerprint density at radius 3 is 2.10 bits per heavy atom. The summed E-state index contributed by atoms with van der Waals surface area (Å²) in [5.74, 6) is -5.03. The molecule has 0 aromatic heterocycles. The van der Waals surface area contributed by atoms with Crippen molar-refractivity contribution in [3.8, 4) is 11.1 Å². The Labute approximate surface area is 165 Å². The van der Waals surface area contributed by atoms with Crippen LogP contribution in [0.5, 0.6) is 0 Å². The normalized spacial score (nSPS) is 15.0. The van der Waals surface area contributed by atoms with Gasteiger partial charge >= 0.3 is 6.03 Å². The number of hydrogen-bond acceptors (Lipinski definition) is 3. The summed E-state index contributed by atoms with van der Waals surface area (Å²) < 4.78 is 40.0. The van der Waals surface area contributed by atoms with Gasteiger partial charge in [0.15, 0.2) is 17.5 Å². The summed E-state index contributed by atoms with van der Waals surface area (Å²) >= 11 is 0. The molecule has 2 aromatic carbocycles. The zero-order chi connectivity index (χ0) is 21.0. The molecule has 4 N–H and O–H groups in total. The summed E-state index contributed by atoms with van der Waals surface area (Å²) in [5, 5.41) is 14.3. The smallest absolute Gasteiger partial charge is 0.315 e. The predicted molar refractivity (Wildman–Crippen MR) is 98.3 cm³/mol. The van der Waals surface area contributed by atoms with Crippen LogP contribution in [0.25, 0.3) is 11.1 Å². The fourth-order valence-electron chi connectivity index (χ4n) is 3.38. The molecule has 0 aliphatic heterocycles. The monoisotopic (exact) mass is 407 g/mol. The minimum atomic E-state index is -1.55. The average molecular weight is 407 g/mol. The van der Waals surface area contributed by atoms with Crippen molar-refractivity contribution in [2.75, 3.05) is 0 Å². The van der Waals surface area contributed by atoms with E-state index in [1.807, 2.05) is 0 Å². The zero-order valence-corrected chi connectivity index (χ0v) is 15.3. The van der Waals surface area contributed by atoms with Gasteiger partial charge in [0.2, 0.25) is 0 Å². The van der Waals surface area contributed by atoms with Gasteiger partial charge in [-0.1, -0.05) is 37.1 Å². The lowest BCUT2D eigenvalue weighted by Gasteiger charge is -2.20. The molecule has 2 aromatic rings. The van der Waals surface area contributed by atoms with Crippen LogP contribution in [-0.4, -0.2) is 23.2 Å². The fraction of sp³-hybridized carbons (Fsp3) is 0.300. The van der Waals surface area contributed by atoms with Crippen LogP contribution in [-0.2, 0) is 4.79 Å². The Balaban J connectivity index is 1.78. The van der Waals surface area contributed by atoms with E-state index in [2.05, 4.69) is 10.6 Å². The van der Waals surface area contributed by atoms with Gasteiger partial charge in [-0.25, -0.2) is 23.4 Å². The molecule has 1 unspecified atom stereocenters. The molecule has 1 aliphatic carbocycles. The van der Waals surface area contributed by atoms with Crippen molar-refractivity contribution in [1.29, 1.82) is 0 Å². The first-order chi connectivity index (χ1) is 13.9. The summed E-state index contributed by atoms with van der Waals surface area (Å²) in [6.07, 6.45) is 3.78. The van der Waals surface area contributed by atoms with Gasteiger partial charge in [-0.2, -0.15) is 0 Å². The van der Waals surface area contributed by atoms with Crippen molar-refractivity contribution in [3.63, 3.8) is 0 Å². The molecule has 3 amide bonds. The van der Waals surface area contributed by atoms with Crippen molar-refractivity contribution in [2.24, 2.45) is 0 Å². The van der Waals surface area contributed by atoms with Crippen LogP contribution in [0.3, 0.4) is 0 Å². The first kappa shape index (κ1) is 20.7. The Kier molecular flexibility index (Phi) is 6.38. The molecule has 154 valence electrons. The van der Waals surface area contributed by atoms with Gasteiger partial charge in [-0.3, -0.25) is 10.0 Å². The molecule has 0 saturated heterocycles. The van der Waals surface area contributed by atoms with E-state index in [9.17, 15) is 22.8 Å². The molecular formula is C20H20F3N3O3. The third-order valence-corrected chi connectivity index (χ3v) is 4.90. The minimum absolute atomic E-state index is 0.0403. The van der Waals surface area contributed by atoms with Crippen molar-refractivity contribution in [3.05, 3.63) is 59.4 Å². The van der Waals surface area contributed by atoms with Gasteiger partial charge in [-0.15, -0.1) is 0 Å². The van der Waals surface area contributed by atoms with Crippen LogP contribution in [0.1, 0.15) is 37.3 Å². The summed E-state index contributed by atoms with van der Waals surface area (Å²) in [7, 11) is 0. The molecule has 1 atom stereocenters. The molecular weight excluding hydrogens is 387 g/mol. The summed E-state index contributed by atoms with van der Waals surface area (Å²) in [5.41, 5.74) is 2.34. The van der Waals surface area contributed by atoms with Crippen LogP contribution >= 0.6 is 0 Å². The Bertz CT molecular complexity index is 877. The van der Waals surface area contributed by atoms with E-state index in [-0.39, 0.29) is 11.6 Å². The van der Waals surface area contributed by atoms with E-state index in [4.69, 9.17) is 5.21 Å². The van der Waals surface area contributed by atoms with Crippen LogP contribution in [0.15, 0.2) is 36.4 Å². The molecule has 1 fully saturated rings. The zero-order valence-electron chi connectivity index (χ0n) is 15.3. The minimum Gasteiger partial charge on any atom is -0.335 e. The number of urea groups is 1. The number of carbonyl (C=O) groups is 2. The van der Waals surface area contributed by atoms with Crippen molar-refractivity contribution < 1.29 is 28.0 Å². The van der Waals surface area contributed by atoms with E-state index in [1.54, 1.807) is 0 Å². The largest absolute Gasteiger partial charge is 0.335 e. The molecule has 0 radical (unpaired) electrons. The van der Waals surface area contributed by atoms with Crippen molar-refractivity contribution >= 4 is 11.9 Å². The number of amides is 3. The predicted octanol–water partition coefficient (Wildman–Crippen LogP) is 3.56. The number of hydroxylamine groups is 1. The molecule has 0 heterocycles. The number of nitrogens with one attached hydrogen (secondary N) is 3. The van der Waals surface area contributed by atoms with Crippen LogP contribution < -0.4 is 16.1 Å². The number of halogens is 3. The molecule has 0 bridgehead atoms. The molecule has 1 saturated carbocycles. The van der Waals surface area contributed by atoms with E-state index in [1.165, 1.54) is 29.7 Å². The summed E-state index contributed by atoms with van der Waals surface area (Å²) in [4.78, 5) is 24.2. The van der Waals surface area contributed by atoms with E-state index >= 15 is 0 Å². The topological polar surface area (TPSA) is 90.5 Å². The third-order valence-electron chi connectivity index (χ3n) is 4.90. The van der Waals surface area contributed by atoms with Crippen LogP contribution in [0, 0.1) is 17.5 Å². The lowest BCUT2D eigenvalue weighted by Crippen LogP contribution is -2.46. The maximum absolute atomic E-state index is 13.4. The summed E-state index contributed by atoms with van der Waals surface area (Å²) in [6.45, 7) is 0. The first-order valence-corrected chi connectivity index (χ1v) is 9.15. The highest BCUT2D eigenvalue weighted by Crippen LogP contribution is 2.26. The average Bonchev–Trinajstić information content (AvgIpc) is 3.22.